The number of rotatable bonds is 4. The minimum Gasteiger partial charge on any atom is -0.444 e. The number of amides is 2. The SMILES string of the molecule is CC(C)N1CCN(C(=O)c2ccc3c(ccn3C[C@@H]3CCCN(C(=O)OC(C)(C)C)C3)c2)CC1. The molecule has 1 aromatic heterocycles. The summed E-state index contributed by atoms with van der Waals surface area (Å²) in [6.45, 7) is 15.9. The van der Waals surface area contributed by atoms with E-state index in [2.05, 4.69) is 41.6 Å². The highest BCUT2D eigenvalue weighted by atomic mass is 16.6. The number of hydrogen-bond donors (Lipinski definition) is 0. The van der Waals surface area contributed by atoms with Crippen LogP contribution < -0.4 is 0 Å². The maximum absolute atomic E-state index is 13.1. The normalized spacial score (nSPS) is 20.2. The van der Waals surface area contributed by atoms with Gasteiger partial charge in [0.25, 0.3) is 5.91 Å². The lowest BCUT2D eigenvalue weighted by Crippen LogP contribution is -2.50. The average molecular weight is 469 g/mol. The quantitative estimate of drug-likeness (QED) is 0.665. The van der Waals surface area contributed by atoms with Crippen LogP contribution in [0.15, 0.2) is 30.5 Å². The molecule has 4 rings (SSSR count). The third-order valence-electron chi connectivity index (χ3n) is 6.98. The molecule has 34 heavy (non-hydrogen) atoms. The lowest BCUT2D eigenvalue weighted by molar-refractivity contribution is 0.0157. The van der Waals surface area contributed by atoms with Crippen molar-refractivity contribution in [3.63, 3.8) is 0 Å². The summed E-state index contributed by atoms with van der Waals surface area (Å²) in [6, 6.07) is 8.67. The van der Waals surface area contributed by atoms with Crippen LogP contribution in [0.25, 0.3) is 10.9 Å². The van der Waals surface area contributed by atoms with Crippen molar-refractivity contribution >= 4 is 22.9 Å². The highest BCUT2D eigenvalue weighted by Gasteiger charge is 2.28. The number of hydrogen-bond acceptors (Lipinski definition) is 4. The Bertz CT molecular complexity index is 1010. The maximum Gasteiger partial charge on any atom is 0.410 e. The molecule has 1 atom stereocenters. The molecule has 0 saturated carbocycles. The molecule has 2 fully saturated rings. The fraction of sp³-hybridized carbons (Fsp3) is 0.630. The predicted molar refractivity (Wildman–Crippen MR) is 135 cm³/mol. The fourth-order valence-corrected chi connectivity index (χ4v) is 5.10. The molecule has 0 N–H and O–H groups in total. The molecule has 2 amide bonds. The molecule has 0 spiro atoms. The van der Waals surface area contributed by atoms with Crippen molar-refractivity contribution in [2.75, 3.05) is 39.3 Å². The number of carbonyl (C=O) groups is 2. The molecule has 0 aliphatic carbocycles. The Morgan fingerprint density at radius 2 is 1.76 bits per heavy atom. The molecule has 2 aliphatic rings. The number of benzene rings is 1. The van der Waals surface area contributed by atoms with E-state index in [0.29, 0.717) is 18.5 Å². The Labute approximate surface area is 203 Å². The van der Waals surface area contributed by atoms with E-state index in [1.54, 1.807) is 0 Å². The van der Waals surface area contributed by atoms with Gasteiger partial charge in [0.1, 0.15) is 5.60 Å². The Hall–Kier alpha value is -2.54. The first-order valence-electron chi connectivity index (χ1n) is 12.7. The van der Waals surface area contributed by atoms with E-state index in [0.717, 1.165) is 68.6 Å². The van der Waals surface area contributed by atoms with Gasteiger partial charge in [0.05, 0.1) is 0 Å². The summed E-state index contributed by atoms with van der Waals surface area (Å²) in [5.41, 5.74) is 1.42. The van der Waals surface area contributed by atoms with Gasteiger partial charge in [-0.25, -0.2) is 4.79 Å². The largest absolute Gasteiger partial charge is 0.444 e. The molecule has 0 radical (unpaired) electrons. The number of fused-ring (bicyclic) bond motifs is 1. The third-order valence-corrected chi connectivity index (χ3v) is 6.98. The van der Waals surface area contributed by atoms with Gasteiger partial charge in [-0.2, -0.15) is 0 Å². The van der Waals surface area contributed by atoms with Crippen LogP contribution >= 0.6 is 0 Å². The van der Waals surface area contributed by atoms with E-state index in [1.165, 1.54) is 0 Å². The Kier molecular flexibility index (Phi) is 7.22. The van der Waals surface area contributed by atoms with Crippen LogP contribution in [-0.4, -0.2) is 82.2 Å². The number of piperidine rings is 1. The number of ether oxygens (including phenoxy) is 1. The zero-order chi connectivity index (χ0) is 24.5. The van der Waals surface area contributed by atoms with E-state index in [-0.39, 0.29) is 12.0 Å². The lowest BCUT2D eigenvalue weighted by Gasteiger charge is -2.37. The van der Waals surface area contributed by atoms with E-state index >= 15 is 0 Å². The summed E-state index contributed by atoms with van der Waals surface area (Å²) in [4.78, 5) is 31.9. The zero-order valence-corrected chi connectivity index (χ0v) is 21.4. The number of aromatic nitrogens is 1. The minimum atomic E-state index is -0.474. The number of carbonyl (C=O) groups excluding carboxylic acids is 2. The second kappa shape index (κ2) is 9.98. The van der Waals surface area contributed by atoms with E-state index in [1.807, 2.05) is 42.7 Å². The van der Waals surface area contributed by atoms with Gasteiger partial charge in [0.15, 0.2) is 0 Å². The molecule has 2 aromatic rings. The second-order valence-corrected chi connectivity index (χ2v) is 11.1. The van der Waals surface area contributed by atoms with Crippen LogP contribution in [0.1, 0.15) is 57.8 Å². The topological polar surface area (TPSA) is 58.0 Å². The highest BCUT2D eigenvalue weighted by molar-refractivity contribution is 5.98. The minimum absolute atomic E-state index is 0.123. The predicted octanol–water partition coefficient (Wildman–Crippen LogP) is 4.45. The fourth-order valence-electron chi connectivity index (χ4n) is 5.10. The molecule has 2 aliphatic heterocycles. The standard InChI is InChI=1S/C27H40N4O3/c1-20(2)28-13-15-29(16-14-28)25(32)23-8-9-24-22(17-23)10-12-30(24)18-21-7-6-11-31(19-21)26(33)34-27(3,4)5/h8-10,12,17,20-21H,6-7,11,13-16,18-19H2,1-5H3/t21-/m0/s1. The van der Waals surface area contributed by atoms with Gasteiger partial charge in [-0.1, -0.05) is 0 Å². The summed E-state index contributed by atoms with van der Waals surface area (Å²) in [7, 11) is 0. The molecular formula is C27H40N4O3. The number of nitrogens with zero attached hydrogens (tertiary/aromatic N) is 4. The van der Waals surface area contributed by atoms with Gasteiger partial charge in [0, 0.05) is 74.5 Å². The molecule has 0 bridgehead atoms. The van der Waals surface area contributed by atoms with E-state index in [9.17, 15) is 9.59 Å². The molecule has 7 heteroatoms. The first-order chi connectivity index (χ1) is 16.1. The monoisotopic (exact) mass is 468 g/mol. The van der Waals surface area contributed by atoms with Gasteiger partial charge in [-0.15, -0.1) is 0 Å². The van der Waals surface area contributed by atoms with Gasteiger partial charge >= 0.3 is 6.09 Å². The highest BCUT2D eigenvalue weighted by Crippen LogP contribution is 2.25. The molecule has 186 valence electrons. The van der Waals surface area contributed by atoms with Crippen molar-refractivity contribution in [2.45, 2.75) is 65.6 Å². The number of likely N-dealkylation sites (tertiary alicyclic amines) is 1. The van der Waals surface area contributed by atoms with Crippen molar-refractivity contribution in [2.24, 2.45) is 5.92 Å². The zero-order valence-electron chi connectivity index (χ0n) is 21.4. The first-order valence-corrected chi connectivity index (χ1v) is 12.7. The number of piperazine rings is 1. The summed E-state index contributed by atoms with van der Waals surface area (Å²) in [5.74, 6) is 0.508. The summed E-state index contributed by atoms with van der Waals surface area (Å²) >= 11 is 0. The van der Waals surface area contributed by atoms with E-state index in [4.69, 9.17) is 4.74 Å². The van der Waals surface area contributed by atoms with Gasteiger partial charge in [-0.05, 0) is 77.6 Å². The van der Waals surface area contributed by atoms with E-state index < -0.39 is 5.60 Å². The Balaban J connectivity index is 1.39. The lowest BCUT2D eigenvalue weighted by atomic mass is 9.98. The smallest absolute Gasteiger partial charge is 0.410 e. The summed E-state index contributed by atoms with van der Waals surface area (Å²) < 4.78 is 7.83. The molecular weight excluding hydrogens is 428 g/mol. The van der Waals surface area contributed by atoms with Crippen molar-refractivity contribution < 1.29 is 14.3 Å². The van der Waals surface area contributed by atoms with Gasteiger partial charge < -0.3 is 19.1 Å². The molecule has 7 nitrogen and oxygen atoms in total. The molecule has 3 heterocycles. The van der Waals surface area contributed by atoms with Crippen LogP contribution in [0.4, 0.5) is 4.79 Å². The molecule has 2 saturated heterocycles. The van der Waals surface area contributed by atoms with Crippen LogP contribution in [0.3, 0.4) is 0 Å². The maximum atomic E-state index is 13.1. The van der Waals surface area contributed by atoms with Crippen LogP contribution in [0, 0.1) is 5.92 Å². The van der Waals surface area contributed by atoms with Crippen LogP contribution in [0.5, 0.6) is 0 Å². The first kappa shape index (κ1) is 24.6. The second-order valence-electron chi connectivity index (χ2n) is 11.1. The van der Waals surface area contributed by atoms with Crippen LogP contribution in [0.2, 0.25) is 0 Å². The Morgan fingerprint density at radius 3 is 2.44 bits per heavy atom. The van der Waals surface area contributed by atoms with Crippen molar-refractivity contribution in [1.82, 2.24) is 19.3 Å². The molecule has 0 unspecified atom stereocenters. The van der Waals surface area contributed by atoms with Gasteiger partial charge in [0.2, 0.25) is 0 Å². The van der Waals surface area contributed by atoms with Crippen molar-refractivity contribution in [1.29, 1.82) is 0 Å². The third kappa shape index (κ3) is 5.74. The van der Waals surface area contributed by atoms with Crippen molar-refractivity contribution in [3.8, 4) is 0 Å². The average Bonchev–Trinajstić information content (AvgIpc) is 3.19. The summed E-state index contributed by atoms with van der Waals surface area (Å²) in [6.07, 6.45) is 3.98. The Morgan fingerprint density at radius 1 is 1.03 bits per heavy atom. The van der Waals surface area contributed by atoms with Crippen LogP contribution in [-0.2, 0) is 11.3 Å². The molecule has 1 aromatic carbocycles. The summed E-state index contributed by atoms with van der Waals surface area (Å²) in [5, 5.41) is 1.09. The van der Waals surface area contributed by atoms with Gasteiger partial charge in [-0.3, -0.25) is 9.69 Å². The van der Waals surface area contributed by atoms with Crippen molar-refractivity contribution in [3.05, 3.63) is 36.0 Å².